The average Bonchev–Trinajstić information content (AvgIpc) is 2.61. The van der Waals surface area contributed by atoms with Gasteiger partial charge in [-0.3, -0.25) is 4.79 Å². The molecule has 26 heavy (non-hydrogen) atoms. The largest absolute Gasteiger partial charge is 0.494 e. The molecule has 0 spiro atoms. The van der Waals surface area contributed by atoms with E-state index in [9.17, 15) is 13.2 Å². The Morgan fingerprint density at radius 1 is 1.12 bits per heavy atom. The van der Waals surface area contributed by atoms with E-state index in [2.05, 4.69) is 5.32 Å². The second-order valence-corrected chi connectivity index (χ2v) is 8.90. The van der Waals surface area contributed by atoms with Crippen molar-refractivity contribution in [3.8, 4) is 5.75 Å². The number of rotatable bonds is 7. The van der Waals surface area contributed by atoms with E-state index >= 15 is 0 Å². The molecule has 0 heterocycles. The van der Waals surface area contributed by atoms with Gasteiger partial charge in [0, 0.05) is 11.3 Å². The standard InChI is InChI=1S/C20H25NO4S/c1-5-12-25-17-8-11-19(15(4)13-17)21-20(22)16-6-9-18(10-7-16)26(23,24)14(2)3/h6-11,13-14H,5,12H2,1-4H3,(H,21,22). The summed E-state index contributed by atoms with van der Waals surface area (Å²) in [7, 11) is -3.34. The zero-order chi connectivity index (χ0) is 19.3. The number of hydrogen-bond donors (Lipinski definition) is 1. The molecule has 0 fully saturated rings. The summed E-state index contributed by atoms with van der Waals surface area (Å²) >= 11 is 0. The Morgan fingerprint density at radius 3 is 2.31 bits per heavy atom. The third-order valence-electron chi connectivity index (χ3n) is 3.98. The second-order valence-electron chi connectivity index (χ2n) is 6.40. The molecular formula is C20H25NO4S. The molecule has 0 aliphatic heterocycles. The van der Waals surface area contributed by atoms with E-state index in [0.717, 1.165) is 17.7 Å². The number of aryl methyl sites for hydroxylation is 1. The van der Waals surface area contributed by atoms with Crippen LogP contribution in [-0.2, 0) is 9.84 Å². The molecule has 2 aromatic carbocycles. The van der Waals surface area contributed by atoms with Crippen LogP contribution in [0.25, 0.3) is 0 Å². The van der Waals surface area contributed by atoms with Gasteiger partial charge in [-0.2, -0.15) is 0 Å². The zero-order valence-corrected chi connectivity index (χ0v) is 16.4. The fraction of sp³-hybridized carbons (Fsp3) is 0.350. The molecule has 1 amide bonds. The summed E-state index contributed by atoms with van der Waals surface area (Å²) in [6, 6.07) is 11.5. The maximum atomic E-state index is 12.4. The predicted octanol–water partition coefficient (Wildman–Crippen LogP) is 4.22. The molecule has 2 aromatic rings. The van der Waals surface area contributed by atoms with Crippen molar-refractivity contribution in [3.63, 3.8) is 0 Å². The molecule has 0 aromatic heterocycles. The summed E-state index contributed by atoms with van der Waals surface area (Å²) < 4.78 is 29.9. The van der Waals surface area contributed by atoms with Gasteiger partial charge in [0.25, 0.3) is 5.91 Å². The first-order valence-corrected chi connectivity index (χ1v) is 10.2. The van der Waals surface area contributed by atoms with Crippen LogP contribution in [0.3, 0.4) is 0 Å². The van der Waals surface area contributed by atoms with E-state index < -0.39 is 15.1 Å². The van der Waals surface area contributed by atoms with Crippen LogP contribution in [0, 0.1) is 6.92 Å². The van der Waals surface area contributed by atoms with Gasteiger partial charge in [-0.15, -0.1) is 0 Å². The Morgan fingerprint density at radius 2 is 1.77 bits per heavy atom. The van der Waals surface area contributed by atoms with Gasteiger partial charge >= 0.3 is 0 Å². The lowest BCUT2D eigenvalue weighted by Crippen LogP contribution is -2.15. The van der Waals surface area contributed by atoms with Gasteiger partial charge in [-0.1, -0.05) is 6.92 Å². The molecule has 2 rings (SSSR count). The number of sulfone groups is 1. The molecule has 140 valence electrons. The minimum atomic E-state index is -3.34. The first-order chi connectivity index (χ1) is 12.3. The maximum Gasteiger partial charge on any atom is 0.255 e. The second kappa shape index (κ2) is 8.36. The highest BCUT2D eigenvalue weighted by Crippen LogP contribution is 2.23. The normalized spacial score (nSPS) is 11.4. The van der Waals surface area contributed by atoms with Gasteiger partial charge in [-0.25, -0.2) is 8.42 Å². The summed E-state index contributed by atoms with van der Waals surface area (Å²) in [5, 5.41) is 2.35. The highest BCUT2D eigenvalue weighted by Gasteiger charge is 2.19. The van der Waals surface area contributed by atoms with Gasteiger partial charge in [0.15, 0.2) is 9.84 Å². The molecule has 0 aliphatic rings. The number of amides is 1. The molecular weight excluding hydrogens is 350 g/mol. The van der Waals surface area contributed by atoms with Crippen LogP contribution >= 0.6 is 0 Å². The minimum Gasteiger partial charge on any atom is -0.494 e. The lowest BCUT2D eigenvalue weighted by atomic mass is 10.1. The van der Waals surface area contributed by atoms with Crippen molar-refractivity contribution >= 4 is 21.4 Å². The van der Waals surface area contributed by atoms with E-state index in [1.54, 1.807) is 19.9 Å². The quantitative estimate of drug-likeness (QED) is 0.786. The van der Waals surface area contributed by atoms with Crippen molar-refractivity contribution in [1.82, 2.24) is 0 Å². The Balaban J connectivity index is 2.13. The number of benzene rings is 2. The zero-order valence-electron chi connectivity index (χ0n) is 15.6. The molecule has 6 heteroatoms. The summed E-state index contributed by atoms with van der Waals surface area (Å²) in [6.07, 6.45) is 0.931. The third-order valence-corrected chi connectivity index (χ3v) is 6.16. The molecule has 0 aliphatic carbocycles. The predicted molar refractivity (Wildman–Crippen MR) is 104 cm³/mol. The number of hydrogen-bond acceptors (Lipinski definition) is 4. The van der Waals surface area contributed by atoms with Gasteiger partial charge < -0.3 is 10.1 Å². The highest BCUT2D eigenvalue weighted by molar-refractivity contribution is 7.92. The maximum absolute atomic E-state index is 12.4. The number of ether oxygens (including phenoxy) is 1. The molecule has 0 unspecified atom stereocenters. The van der Waals surface area contributed by atoms with Crippen LogP contribution < -0.4 is 10.1 Å². The van der Waals surface area contributed by atoms with Crippen molar-refractivity contribution in [3.05, 3.63) is 53.6 Å². The van der Waals surface area contributed by atoms with Crippen molar-refractivity contribution in [2.75, 3.05) is 11.9 Å². The monoisotopic (exact) mass is 375 g/mol. The Kier molecular flexibility index (Phi) is 6.42. The lowest BCUT2D eigenvalue weighted by molar-refractivity contribution is 0.102. The van der Waals surface area contributed by atoms with E-state index in [0.29, 0.717) is 17.9 Å². The van der Waals surface area contributed by atoms with Gasteiger partial charge in [0.1, 0.15) is 5.75 Å². The molecule has 0 saturated carbocycles. The van der Waals surface area contributed by atoms with Crippen LogP contribution in [0.2, 0.25) is 0 Å². The number of anilines is 1. The molecule has 0 saturated heterocycles. The summed E-state index contributed by atoms with van der Waals surface area (Å²) in [5.74, 6) is 0.481. The van der Waals surface area contributed by atoms with E-state index in [1.807, 2.05) is 26.0 Å². The third kappa shape index (κ3) is 4.64. The van der Waals surface area contributed by atoms with Crippen molar-refractivity contribution in [1.29, 1.82) is 0 Å². The SMILES string of the molecule is CCCOc1ccc(NC(=O)c2ccc(S(=O)(=O)C(C)C)cc2)c(C)c1. The molecule has 5 nitrogen and oxygen atoms in total. The van der Waals surface area contributed by atoms with Gasteiger partial charge in [0.05, 0.1) is 16.8 Å². The van der Waals surface area contributed by atoms with Crippen molar-refractivity contribution in [2.45, 2.75) is 44.3 Å². The molecule has 0 radical (unpaired) electrons. The Labute approximate surface area is 155 Å². The van der Waals surface area contributed by atoms with E-state index in [4.69, 9.17) is 4.74 Å². The molecule has 1 N–H and O–H groups in total. The van der Waals surface area contributed by atoms with Crippen LogP contribution in [0.15, 0.2) is 47.4 Å². The number of carbonyl (C=O) groups is 1. The summed E-state index contributed by atoms with van der Waals surface area (Å²) in [5.41, 5.74) is 1.99. The van der Waals surface area contributed by atoms with E-state index in [-0.39, 0.29) is 10.8 Å². The first kappa shape index (κ1) is 20.0. The van der Waals surface area contributed by atoms with Crippen LogP contribution in [0.1, 0.15) is 43.1 Å². The number of carbonyl (C=O) groups excluding carboxylic acids is 1. The van der Waals surface area contributed by atoms with Gasteiger partial charge in [0.2, 0.25) is 0 Å². The van der Waals surface area contributed by atoms with Crippen molar-refractivity contribution in [2.24, 2.45) is 0 Å². The minimum absolute atomic E-state index is 0.220. The Hall–Kier alpha value is -2.34. The molecule has 0 bridgehead atoms. The fourth-order valence-electron chi connectivity index (χ4n) is 2.35. The van der Waals surface area contributed by atoms with Gasteiger partial charge in [-0.05, 0) is 75.2 Å². The number of nitrogens with one attached hydrogen (secondary N) is 1. The fourth-order valence-corrected chi connectivity index (χ4v) is 3.41. The lowest BCUT2D eigenvalue weighted by Gasteiger charge is -2.12. The van der Waals surface area contributed by atoms with E-state index in [1.165, 1.54) is 24.3 Å². The highest BCUT2D eigenvalue weighted by atomic mass is 32.2. The first-order valence-electron chi connectivity index (χ1n) is 8.64. The summed E-state index contributed by atoms with van der Waals surface area (Å²) in [6.45, 7) is 7.85. The summed E-state index contributed by atoms with van der Waals surface area (Å²) in [4.78, 5) is 12.6. The Bertz CT molecular complexity index is 871. The van der Waals surface area contributed by atoms with Crippen LogP contribution in [0.5, 0.6) is 5.75 Å². The molecule has 0 atom stereocenters. The topological polar surface area (TPSA) is 72.5 Å². The van der Waals surface area contributed by atoms with Crippen LogP contribution in [-0.4, -0.2) is 26.2 Å². The average molecular weight is 375 g/mol. The van der Waals surface area contributed by atoms with Crippen LogP contribution in [0.4, 0.5) is 5.69 Å². The van der Waals surface area contributed by atoms with Crippen molar-refractivity contribution < 1.29 is 17.9 Å². The smallest absolute Gasteiger partial charge is 0.255 e.